The van der Waals surface area contributed by atoms with Gasteiger partial charge in [0, 0.05) is 5.56 Å². The number of benzene rings is 1. The number of morpholine rings is 1. The Hall–Kier alpha value is -2.64. The average Bonchev–Trinajstić information content (AvgIpc) is 3.25. The first-order valence-electron chi connectivity index (χ1n) is 8.25. The molecule has 7 heteroatoms. The molecule has 0 bridgehead atoms. The highest BCUT2D eigenvalue weighted by atomic mass is 32.1. The summed E-state index contributed by atoms with van der Waals surface area (Å²) in [4.78, 5) is 4.76. The topological polar surface area (TPSA) is 68.1 Å². The molecule has 0 unspecified atom stereocenters. The van der Waals surface area contributed by atoms with Crippen LogP contribution in [0.1, 0.15) is 5.56 Å². The molecule has 6 nitrogen and oxygen atoms in total. The maximum Gasteiger partial charge on any atom is 0.150 e. The van der Waals surface area contributed by atoms with Crippen molar-refractivity contribution in [1.29, 1.82) is 0 Å². The Labute approximate surface area is 148 Å². The highest BCUT2D eigenvalue weighted by Gasteiger charge is 2.12. The van der Waals surface area contributed by atoms with Crippen molar-refractivity contribution in [1.82, 2.24) is 14.4 Å². The molecule has 0 radical (unpaired) electrons. The second-order valence-corrected chi connectivity index (χ2v) is 7.01. The lowest BCUT2D eigenvalue weighted by Crippen LogP contribution is -2.34. The van der Waals surface area contributed by atoms with E-state index in [1.165, 1.54) is 10.2 Å². The van der Waals surface area contributed by atoms with Gasteiger partial charge in [-0.3, -0.25) is 9.41 Å². The van der Waals surface area contributed by atoms with Gasteiger partial charge in [0.15, 0.2) is 5.84 Å². The van der Waals surface area contributed by atoms with Crippen molar-refractivity contribution in [2.75, 3.05) is 26.3 Å². The van der Waals surface area contributed by atoms with E-state index in [2.05, 4.69) is 39.1 Å². The fraction of sp³-hybridized carbons (Fsp3) is 0.222. The summed E-state index contributed by atoms with van der Waals surface area (Å²) in [6.45, 7) is 2.93. The van der Waals surface area contributed by atoms with Gasteiger partial charge in [-0.2, -0.15) is 5.10 Å². The van der Waals surface area contributed by atoms with Crippen molar-refractivity contribution in [2.24, 2.45) is 10.8 Å². The number of hydrazone groups is 1. The lowest BCUT2D eigenvalue weighted by Gasteiger charge is -2.24. The van der Waals surface area contributed by atoms with Crippen LogP contribution < -0.4 is 5.73 Å². The van der Waals surface area contributed by atoms with Crippen LogP contribution in [-0.4, -0.2) is 46.5 Å². The van der Waals surface area contributed by atoms with E-state index in [9.17, 15) is 0 Å². The molecule has 126 valence electrons. The number of imidazole rings is 1. The number of rotatable bonds is 2. The van der Waals surface area contributed by atoms with Gasteiger partial charge in [0.1, 0.15) is 5.65 Å². The number of thiophene rings is 1. The molecule has 1 aromatic carbocycles. The van der Waals surface area contributed by atoms with E-state index in [1.54, 1.807) is 11.3 Å². The van der Waals surface area contributed by atoms with E-state index in [-0.39, 0.29) is 0 Å². The van der Waals surface area contributed by atoms with Gasteiger partial charge in [0.05, 0.1) is 47.6 Å². The number of amidine groups is 1. The molecule has 0 aliphatic carbocycles. The first-order valence-corrected chi connectivity index (χ1v) is 9.13. The molecule has 4 aromatic rings. The zero-order valence-corrected chi connectivity index (χ0v) is 14.4. The summed E-state index contributed by atoms with van der Waals surface area (Å²) in [5.41, 5.74) is 11.3. The summed E-state index contributed by atoms with van der Waals surface area (Å²) < 4.78 is 8.79. The average molecular weight is 351 g/mol. The number of hydrogen-bond donors (Lipinski definition) is 1. The predicted molar refractivity (Wildman–Crippen MR) is 101 cm³/mol. The molecule has 1 fully saturated rings. The quantitative estimate of drug-likeness (QED) is 0.445. The first kappa shape index (κ1) is 14.7. The Morgan fingerprint density at radius 3 is 2.88 bits per heavy atom. The maximum absolute atomic E-state index is 6.22. The molecule has 1 aliphatic heterocycles. The van der Waals surface area contributed by atoms with E-state index in [4.69, 9.17) is 15.5 Å². The maximum atomic E-state index is 6.22. The van der Waals surface area contributed by atoms with Crippen molar-refractivity contribution >= 4 is 44.1 Å². The van der Waals surface area contributed by atoms with Gasteiger partial charge in [-0.1, -0.05) is 0 Å². The van der Waals surface area contributed by atoms with Crippen LogP contribution >= 0.6 is 11.3 Å². The summed E-state index contributed by atoms with van der Waals surface area (Å²) >= 11 is 1.74. The zero-order valence-electron chi connectivity index (χ0n) is 13.6. The largest absolute Gasteiger partial charge is 0.382 e. The summed E-state index contributed by atoms with van der Waals surface area (Å²) in [7, 11) is 0. The van der Waals surface area contributed by atoms with Gasteiger partial charge >= 0.3 is 0 Å². The molecule has 0 saturated carbocycles. The van der Waals surface area contributed by atoms with Crippen LogP contribution in [0, 0.1) is 0 Å². The summed E-state index contributed by atoms with van der Waals surface area (Å²) in [5, 5.41) is 8.59. The van der Waals surface area contributed by atoms with Gasteiger partial charge in [0.2, 0.25) is 0 Å². The molecule has 0 amide bonds. The highest BCUT2D eigenvalue weighted by Crippen LogP contribution is 2.27. The molecule has 1 saturated heterocycles. The van der Waals surface area contributed by atoms with E-state index in [1.807, 2.05) is 17.1 Å². The number of nitrogens with two attached hydrogens (primary N) is 1. The molecule has 0 atom stereocenters. The summed E-state index contributed by atoms with van der Waals surface area (Å²) in [6, 6.07) is 12.4. The lowest BCUT2D eigenvalue weighted by atomic mass is 10.2. The number of hydrogen-bond acceptors (Lipinski definition) is 5. The molecule has 5 rings (SSSR count). The molecule has 4 heterocycles. The minimum absolute atomic E-state index is 0.515. The van der Waals surface area contributed by atoms with Gasteiger partial charge in [0.25, 0.3) is 0 Å². The molecule has 25 heavy (non-hydrogen) atoms. The fourth-order valence-electron chi connectivity index (χ4n) is 3.26. The molecule has 0 spiro atoms. The van der Waals surface area contributed by atoms with Crippen molar-refractivity contribution in [2.45, 2.75) is 0 Å². The normalized spacial score (nSPS) is 16.3. The Morgan fingerprint density at radius 1 is 1.12 bits per heavy atom. The van der Waals surface area contributed by atoms with Crippen molar-refractivity contribution in [3.8, 4) is 0 Å². The standard InChI is InChI=1S/C18H17N5OS/c19-18(21-22-6-8-24-9-7-22)12-1-2-14-13(11-12)20-17-4-3-16-15(23(14)17)5-10-25-16/h1-5,10-11H,6-9H2,(H2,19,21). The number of nitrogens with zero attached hydrogens (tertiary/aromatic N) is 4. The van der Waals surface area contributed by atoms with Gasteiger partial charge < -0.3 is 10.5 Å². The number of aromatic nitrogens is 2. The van der Waals surface area contributed by atoms with E-state index in [0.717, 1.165) is 35.3 Å². The van der Waals surface area contributed by atoms with Crippen LogP contribution in [0.15, 0.2) is 46.9 Å². The van der Waals surface area contributed by atoms with Crippen LogP contribution in [0.3, 0.4) is 0 Å². The minimum atomic E-state index is 0.515. The van der Waals surface area contributed by atoms with Crippen LogP contribution in [0.25, 0.3) is 26.9 Å². The Balaban J connectivity index is 1.61. The molecular weight excluding hydrogens is 334 g/mol. The second-order valence-electron chi connectivity index (χ2n) is 6.06. The minimum Gasteiger partial charge on any atom is -0.382 e. The zero-order chi connectivity index (χ0) is 16.8. The fourth-order valence-corrected chi connectivity index (χ4v) is 4.03. The molecule has 2 N–H and O–H groups in total. The summed E-state index contributed by atoms with van der Waals surface area (Å²) in [5.74, 6) is 0.515. The van der Waals surface area contributed by atoms with Crippen molar-refractivity contribution in [3.05, 3.63) is 47.3 Å². The van der Waals surface area contributed by atoms with Gasteiger partial charge in [-0.15, -0.1) is 11.3 Å². The van der Waals surface area contributed by atoms with Gasteiger partial charge in [-0.05, 0) is 41.8 Å². The SMILES string of the molecule is N/C(=N\N1CCOCC1)c1ccc2c(c1)nc1ccc3sccc3n12. The first-order chi connectivity index (χ1) is 12.3. The molecule has 3 aromatic heterocycles. The van der Waals surface area contributed by atoms with Crippen LogP contribution in [-0.2, 0) is 4.74 Å². The predicted octanol–water partition coefficient (Wildman–Crippen LogP) is 2.65. The van der Waals surface area contributed by atoms with E-state index in [0.29, 0.717) is 19.0 Å². The van der Waals surface area contributed by atoms with E-state index >= 15 is 0 Å². The third kappa shape index (κ3) is 2.43. The number of fused-ring (bicyclic) bond motifs is 5. The third-order valence-electron chi connectivity index (χ3n) is 4.51. The molecule has 1 aliphatic rings. The van der Waals surface area contributed by atoms with E-state index < -0.39 is 0 Å². The monoisotopic (exact) mass is 351 g/mol. The lowest BCUT2D eigenvalue weighted by molar-refractivity contribution is 0.0393. The number of pyridine rings is 1. The highest BCUT2D eigenvalue weighted by molar-refractivity contribution is 7.17. The Morgan fingerprint density at radius 2 is 2.00 bits per heavy atom. The molecular formula is C18H17N5OS. The summed E-state index contributed by atoms with van der Waals surface area (Å²) in [6.07, 6.45) is 0. The van der Waals surface area contributed by atoms with Crippen molar-refractivity contribution < 1.29 is 4.74 Å². The number of ether oxygens (including phenoxy) is 1. The van der Waals surface area contributed by atoms with Gasteiger partial charge in [-0.25, -0.2) is 4.98 Å². The Bertz CT molecular complexity index is 1110. The van der Waals surface area contributed by atoms with Crippen LogP contribution in [0.2, 0.25) is 0 Å². The smallest absolute Gasteiger partial charge is 0.150 e. The van der Waals surface area contributed by atoms with Crippen LogP contribution in [0.4, 0.5) is 0 Å². The van der Waals surface area contributed by atoms with Crippen LogP contribution in [0.5, 0.6) is 0 Å². The third-order valence-corrected chi connectivity index (χ3v) is 5.38. The van der Waals surface area contributed by atoms with Crippen molar-refractivity contribution in [3.63, 3.8) is 0 Å². The Kier molecular flexibility index (Phi) is 3.36. The second kappa shape index (κ2) is 5.72.